The summed E-state index contributed by atoms with van der Waals surface area (Å²) in [6.45, 7) is 7.81. The Hall–Kier alpha value is -1.79. The molecule has 6 aliphatic carbocycles. The monoisotopic (exact) mass is 599 g/mol. The fourth-order valence-corrected chi connectivity index (χ4v) is 12.7. The van der Waals surface area contributed by atoms with Crippen LogP contribution in [0.4, 0.5) is 0 Å². The Balaban J connectivity index is 1.24. The van der Waals surface area contributed by atoms with Crippen LogP contribution in [0.1, 0.15) is 101 Å². The van der Waals surface area contributed by atoms with Crippen LogP contribution in [0.3, 0.4) is 0 Å². The molecule has 4 nitrogen and oxygen atoms in total. The number of β-amino-alcohol motifs (C(OH)–C–C–N with tert-alkyl or cyclic N) is 1. The van der Waals surface area contributed by atoms with Crippen molar-refractivity contribution in [1.29, 1.82) is 0 Å². The van der Waals surface area contributed by atoms with Crippen molar-refractivity contribution in [1.82, 2.24) is 4.90 Å². The maximum atomic E-state index is 14.9. The zero-order valence-electron chi connectivity index (χ0n) is 26.1. The van der Waals surface area contributed by atoms with Crippen LogP contribution in [0.2, 0.25) is 0 Å². The smallest absolute Gasteiger partial charge is 0.199 e. The number of carbonyl (C=O) groups is 1. The van der Waals surface area contributed by atoms with Gasteiger partial charge in [-0.2, -0.15) is 0 Å². The number of carbonyl (C=O) groups excluding carboxylic acids is 1. The molecule has 0 radical (unpaired) electrons. The van der Waals surface area contributed by atoms with Gasteiger partial charge in [0, 0.05) is 33.1 Å². The normalized spacial score (nSPS) is 44.3. The molecule has 2 N–H and O–H groups in total. The average molecular weight is 600 g/mol. The number of aliphatic hydroxyl groups is 2. The SMILES string of the molecule is C[C@]12CC[C@H]3[C@]4(C=C[C@@]5(C=C4C(=O)c4cc6ccccc6s4)CC(O)CC[C@]35C)[C@@H]1CC[C@@]2(O)CN1CCCCCCC1. The van der Waals surface area contributed by atoms with Gasteiger partial charge in [-0.05, 0) is 106 Å². The van der Waals surface area contributed by atoms with Crippen LogP contribution in [0.15, 0.2) is 54.1 Å². The summed E-state index contributed by atoms with van der Waals surface area (Å²) in [7, 11) is 0. The highest BCUT2D eigenvalue weighted by molar-refractivity contribution is 7.21. The van der Waals surface area contributed by atoms with Gasteiger partial charge in [-0.15, -0.1) is 11.3 Å². The summed E-state index contributed by atoms with van der Waals surface area (Å²) in [5.74, 6) is 0.750. The highest BCUT2D eigenvalue weighted by atomic mass is 32.1. The van der Waals surface area contributed by atoms with Gasteiger partial charge in [0.15, 0.2) is 5.78 Å². The predicted molar refractivity (Wildman–Crippen MR) is 174 cm³/mol. The first kappa shape index (κ1) is 28.7. The van der Waals surface area contributed by atoms with E-state index in [1.54, 1.807) is 11.3 Å². The number of ketones is 1. The van der Waals surface area contributed by atoms with E-state index < -0.39 is 5.60 Å². The van der Waals surface area contributed by atoms with Crippen molar-refractivity contribution in [3.63, 3.8) is 0 Å². The van der Waals surface area contributed by atoms with E-state index in [1.165, 1.54) is 32.1 Å². The first-order valence-corrected chi connectivity index (χ1v) is 18.1. The minimum Gasteiger partial charge on any atom is -0.393 e. The Labute approximate surface area is 261 Å². The maximum absolute atomic E-state index is 14.9. The van der Waals surface area contributed by atoms with Gasteiger partial charge in [-0.3, -0.25) is 4.79 Å². The second-order valence-corrected chi connectivity index (χ2v) is 16.9. The fraction of sp³-hybridized carbons (Fsp3) is 0.658. The van der Waals surface area contributed by atoms with Crippen molar-refractivity contribution in [3.05, 3.63) is 59.0 Å². The number of benzene rings is 1. The van der Waals surface area contributed by atoms with Crippen LogP contribution in [-0.4, -0.2) is 52.2 Å². The molecule has 4 fully saturated rings. The van der Waals surface area contributed by atoms with Crippen molar-refractivity contribution in [2.45, 2.75) is 103 Å². The van der Waals surface area contributed by atoms with E-state index in [2.05, 4.69) is 67.3 Å². The summed E-state index contributed by atoms with van der Waals surface area (Å²) in [6.07, 6.45) is 19.7. The molecule has 7 aliphatic rings. The molecule has 0 amide bonds. The Bertz CT molecular complexity index is 1470. The largest absolute Gasteiger partial charge is 0.393 e. The summed E-state index contributed by atoms with van der Waals surface area (Å²) in [5.41, 5.74) is -0.671. The zero-order chi connectivity index (χ0) is 29.7. The zero-order valence-corrected chi connectivity index (χ0v) is 26.9. The minimum absolute atomic E-state index is 0.00992. The third-order valence-corrected chi connectivity index (χ3v) is 15.2. The molecule has 1 aromatic heterocycles. The number of nitrogens with zero attached hydrogens (tertiary/aromatic N) is 1. The standard InChI is InChI=1S/C38H49NO3S/c1-34-15-12-27(40)23-36(34)18-19-38(28(24-36)33(41)30-22-26-10-6-7-11-29(26)43-30)31(34)13-16-35(2)32(38)14-17-37(35,42)25-39-20-8-4-3-5-9-21-39/h6-7,10-11,18-19,22,24,27,31-32,40,42H,3-5,8-9,12-17,20-21,23,25H2,1-2H3/t27?,31-,32-,34-,35+,36+,37-,38-/m1/s1. The second-order valence-electron chi connectivity index (χ2n) is 15.8. The molecular weight excluding hydrogens is 550 g/mol. The topological polar surface area (TPSA) is 60.8 Å². The molecule has 8 atom stereocenters. The van der Waals surface area contributed by atoms with Crippen molar-refractivity contribution in [3.8, 4) is 0 Å². The molecule has 2 aromatic rings. The molecule has 43 heavy (non-hydrogen) atoms. The highest BCUT2D eigenvalue weighted by Gasteiger charge is 2.74. The van der Waals surface area contributed by atoms with Gasteiger partial charge < -0.3 is 15.1 Å². The summed E-state index contributed by atoms with van der Waals surface area (Å²) < 4.78 is 1.16. The lowest BCUT2D eigenvalue weighted by atomic mass is 9.32. The number of rotatable bonds is 4. The average Bonchev–Trinajstić information content (AvgIpc) is 3.52. The Morgan fingerprint density at radius 3 is 2.42 bits per heavy atom. The number of fused-ring (bicyclic) bond motifs is 2. The number of hydrogen-bond acceptors (Lipinski definition) is 5. The molecule has 1 aromatic carbocycles. The number of hydrogen-bond donors (Lipinski definition) is 2. The van der Waals surface area contributed by atoms with Crippen LogP contribution in [0.5, 0.6) is 0 Å². The molecular formula is C38H49NO3S. The molecule has 1 aliphatic heterocycles. The number of aliphatic hydroxyl groups excluding tert-OH is 1. The fourth-order valence-electron chi connectivity index (χ4n) is 11.7. The highest BCUT2D eigenvalue weighted by Crippen LogP contribution is 2.78. The van der Waals surface area contributed by atoms with Crippen LogP contribution in [-0.2, 0) is 0 Å². The number of Topliss-reactive ketones (excluding diaryl/α,β-unsaturated/α-hetero) is 1. The lowest BCUT2D eigenvalue weighted by Crippen LogP contribution is -2.67. The van der Waals surface area contributed by atoms with Gasteiger partial charge in [0.25, 0.3) is 0 Å². The van der Waals surface area contributed by atoms with E-state index in [-0.39, 0.29) is 39.5 Å². The van der Waals surface area contributed by atoms with E-state index in [9.17, 15) is 15.0 Å². The summed E-state index contributed by atoms with van der Waals surface area (Å²) in [5, 5.41) is 24.9. The van der Waals surface area contributed by atoms with Crippen molar-refractivity contribution in [2.24, 2.45) is 33.5 Å². The predicted octanol–water partition coefficient (Wildman–Crippen LogP) is 7.94. The van der Waals surface area contributed by atoms with Gasteiger partial charge in [-0.25, -0.2) is 0 Å². The summed E-state index contributed by atoms with van der Waals surface area (Å²) in [6, 6.07) is 10.4. The molecule has 2 spiro atoms. The van der Waals surface area contributed by atoms with E-state index in [0.717, 1.165) is 78.7 Å². The third-order valence-electron chi connectivity index (χ3n) is 14.0. The molecule has 1 unspecified atom stereocenters. The molecule has 1 saturated heterocycles. The molecule has 2 bridgehead atoms. The quantitative estimate of drug-likeness (QED) is 0.277. The number of allylic oxidation sites excluding steroid dienone is 4. The van der Waals surface area contributed by atoms with Crippen LogP contribution in [0, 0.1) is 33.5 Å². The first-order chi connectivity index (χ1) is 20.6. The first-order valence-electron chi connectivity index (χ1n) is 17.2. The van der Waals surface area contributed by atoms with E-state index in [0.29, 0.717) is 12.3 Å². The van der Waals surface area contributed by atoms with Crippen LogP contribution < -0.4 is 0 Å². The van der Waals surface area contributed by atoms with Gasteiger partial charge in [0.05, 0.1) is 16.6 Å². The molecule has 3 saturated carbocycles. The summed E-state index contributed by atoms with van der Waals surface area (Å²) in [4.78, 5) is 18.3. The lowest BCUT2D eigenvalue weighted by molar-refractivity contribution is -0.176. The third kappa shape index (κ3) is 3.87. The Kier molecular flexibility index (Phi) is 6.57. The van der Waals surface area contributed by atoms with E-state index >= 15 is 0 Å². The van der Waals surface area contributed by atoms with Gasteiger partial charge in [0.1, 0.15) is 0 Å². The van der Waals surface area contributed by atoms with Crippen LogP contribution >= 0.6 is 11.3 Å². The summed E-state index contributed by atoms with van der Waals surface area (Å²) >= 11 is 1.62. The van der Waals surface area contributed by atoms with E-state index in [1.807, 2.05) is 0 Å². The van der Waals surface area contributed by atoms with Crippen molar-refractivity contribution in [2.75, 3.05) is 19.6 Å². The van der Waals surface area contributed by atoms with Gasteiger partial charge in [0.2, 0.25) is 0 Å². The van der Waals surface area contributed by atoms with E-state index in [4.69, 9.17) is 0 Å². The van der Waals surface area contributed by atoms with Crippen molar-refractivity contribution < 1.29 is 15.0 Å². The lowest BCUT2D eigenvalue weighted by Gasteiger charge is -2.71. The van der Waals surface area contributed by atoms with Crippen LogP contribution in [0.25, 0.3) is 10.1 Å². The second kappa shape index (κ2) is 9.85. The maximum Gasteiger partial charge on any atom is 0.199 e. The Morgan fingerprint density at radius 1 is 0.930 bits per heavy atom. The van der Waals surface area contributed by atoms with Gasteiger partial charge >= 0.3 is 0 Å². The minimum atomic E-state index is -0.744. The van der Waals surface area contributed by atoms with Crippen molar-refractivity contribution >= 4 is 27.2 Å². The molecule has 2 heterocycles. The van der Waals surface area contributed by atoms with Gasteiger partial charge in [-0.1, -0.05) is 69.5 Å². The molecule has 230 valence electrons. The molecule has 9 rings (SSSR count). The number of likely N-dealkylation sites (tertiary alicyclic amines) is 1. The Morgan fingerprint density at radius 2 is 1.63 bits per heavy atom. The number of thiophene rings is 1. The molecule has 5 heteroatoms.